The third-order valence-corrected chi connectivity index (χ3v) is 5.48. The first-order valence-electron chi connectivity index (χ1n) is 11.2. The van der Waals surface area contributed by atoms with Gasteiger partial charge in [0.1, 0.15) is 6.04 Å². The molecule has 0 bridgehead atoms. The highest BCUT2D eigenvalue weighted by Crippen LogP contribution is 2.29. The van der Waals surface area contributed by atoms with Crippen molar-refractivity contribution in [1.82, 2.24) is 16.0 Å². The van der Waals surface area contributed by atoms with Crippen LogP contribution in [0.4, 0.5) is 0 Å². The van der Waals surface area contributed by atoms with E-state index in [1.54, 1.807) is 24.3 Å². The zero-order valence-corrected chi connectivity index (χ0v) is 19.8. The smallest absolute Gasteiger partial charge is 0.255 e. The first-order chi connectivity index (χ1) is 17.6. The van der Waals surface area contributed by atoms with Crippen LogP contribution in [0, 0.1) is 0 Å². The Morgan fingerprint density at radius 3 is 1.76 bits per heavy atom. The summed E-state index contributed by atoms with van der Waals surface area (Å²) in [6.07, 6.45) is -1.27. The van der Waals surface area contributed by atoms with Gasteiger partial charge in [-0.25, -0.2) is 0 Å². The van der Waals surface area contributed by atoms with Gasteiger partial charge >= 0.3 is 0 Å². The van der Waals surface area contributed by atoms with Crippen LogP contribution in [0.1, 0.15) is 38.8 Å². The van der Waals surface area contributed by atoms with Crippen LogP contribution in [0.2, 0.25) is 0 Å². The van der Waals surface area contributed by atoms with Crippen LogP contribution >= 0.6 is 0 Å². The summed E-state index contributed by atoms with van der Waals surface area (Å²) in [5.41, 5.74) is 1.03. The molecule has 0 aliphatic rings. The summed E-state index contributed by atoms with van der Waals surface area (Å²) in [5, 5.41) is 56.5. The first-order valence-corrected chi connectivity index (χ1v) is 11.2. The van der Waals surface area contributed by atoms with E-state index in [-0.39, 0.29) is 24.2 Å². The molecule has 0 fully saturated rings. The van der Waals surface area contributed by atoms with Gasteiger partial charge in [0.15, 0.2) is 23.0 Å². The van der Waals surface area contributed by atoms with Crippen molar-refractivity contribution in [3.05, 3.63) is 82.9 Å². The molecule has 3 aromatic rings. The van der Waals surface area contributed by atoms with Crippen molar-refractivity contribution in [3.8, 4) is 23.0 Å². The number of aliphatic hydroxyl groups is 1. The molecule has 11 heteroatoms. The quantitative estimate of drug-likeness (QED) is 0.198. The molecule has 0 saturated heterocycles. The number of phenolic OH excluding ortho intramolecular Hbond substituents is 4. The van der Waals surface area contributed by atoms with E-state index in [4.69, 9.17) is 0 Å². The predicted octanol–water partition coefficient (Wildman–Crippen LogP) is 1.23. The second kappa shape index (κ2) is 11.8. The van der Waals surface area contributed by atoms with Crippen molar-refractivity contribution < 1.29 is 39.9 Å². The Labute approximate surface area is 212 Å². The fourth-order valence-corrected chi connectivity index (χ4v) is 3.48. The van der Waals surface area contributed by atoms with Crippen LogP contribution in [0.3, 0.4) is 0 Å². The van der Waals surface area contributed by atoms with Crippen LogP contribution in [-0.4, -0.2) is 55.4 Å². The molecule has 0 spiro atoms. The number of carbonyl (C=O) groups is 3. The summed E-state index contributed by atoms with van der Waals surface area (Å²) in [7, 11) is 0. The summed E-state index contributed by atoms with van der Waals surface area (Å²) < 4.78 is 0. The third-order valence-electron chi connectivity index (χ3n) is 5.48. The molecule has 11 nitrogen and oxygen atoms in total. The Morgan fingerprint density at radius 2 is 1.22 bits per heavy atom. The summed E-state index contributed by atoms with van der Waals surface area (Å²) in [5.74, 6) is -4.19. The SMILES string of the molecule is C[C@@H](O)[C@H](NC(=O)c1cccc(O)c1O)C(=O)NCc1cccc(CNC(=O)c2cccc(O)c2O)c1. The van der Waals surface area contributed by atoms with Gasteiger partial charge in [0.05, 0.1) is 17.2 Å². The van der Waals surface area contributed by atoms with Crippen molar-refractivity contribution in [2.24, 2.45) is 0 Å². The zero-order valence-electron chi connectivity index (χ0n) is 19.8. The molecular formula is C26H27N3O8. The molecule has 0 radical (unpaired) electrons. The van der Waals surface area contributed by atoms with Gasteiger partial charge < -0.3 is 41.5 Å². The second-order valence-electron chi connectivity index (χ2n) is 8.26. The lowest BCUT2D eigenvalue weighted by atomic mass is 10.1. The molecule has 194 valence electrons. The van der Waals surface area contributed by atoms with Crippen LogP contribution in [0.25, 0.3) is 0 Å². The maximum atomic E-state index is 12.7. The minimum Gasteiger partial charge on any atom is -0.504 e. The Bertz CT molecular complexity index is 1310. The molecule has 0 aliphatic heterocycles. The molecule has 3 aromatic carbocycles. The van der Waals surface area contributed by atoms with E-state index < -0.39 is 52.9 Å². The standard InChI is InChI=1S/C26H27N3O8/c1-14(30)21(29-25(36)18-8-4-10-20(32)23(18)34)26(37)28-13-16-6-2-5-15(11-16)12-27-24(35)17-7-3-9-19(31)22(17)33/h2-11,14,21,30-34H,12-13H2,1H3,(H,27,35)(H,28,37)(H,29,36)/t14-,21+/m1/s1. The maximum absolute atomic E-state index is 12.7. The highest BCUT2D eigenvalue weighted by atomic mass is 16.3. The van der Waals surface area contributed by atoms with Gasteiger partial charge in [0, 0.05) is 13.1 Å². The monoisotopic (exact) mass is 509 g/mol. The normalized spacial score (nSPS) is 12.3. The van der Waals surface area contributed by atoms with Gasteiger partial charge in [-0.3, -0.25) is 14.4 Å². The number of phenols is 4. The molecule has 0 saturated carbocycles. The van der Waals surface area contributed by atoms with E-state index in [2.05, 4.69) is 16.0 Å². The van der Waals surface area contributed by atoms with Crippen molar-refractivity contribution in [2.75, 3.05) is 0 Å². The minimum absolute atomic E-state index is 0.0461. The topological polar surface area (TPSA) is 188 Å². The molecule has 0 heterocycles. The molecule has 0 aliphatic carbocycles. The largest absolute Gasteiger partial charge is 0.504 e. The van der Waals surface area contributed by atoms with E-state index in [1.807, 2.05) is 0 Å². The van der Waals surface area contributed by atoms with E-state index in [0.717, 1.165) is 0 Å². The van der Waals surface area contributed by atoms with Crippen molar-refractivity contribution in [1.29, 1.82) is 0 Å². The minimum atomic E-state index is -1.34. The molecule has 0 aromatic heterocycles. The summed E-state index contributed by atoms with van der Waals surface area (Å²) in [6.45, 7) is 1.47. The molecule has 2 atom stereocenters. The molecule has 3 rings (SSSR count). The van der Waals surface area contributed by atoms with Crippen LogP contribution < -0.4 is 16.0 Å². The average molecular weight is 510 g/mol. The Kier molecular flexibility index (Phi) is 8.54. The number of aliphatic hydroxyl groups excluding tert-OH is 1. The van der Waals surface area contributed by atoms with Gasteiger partial charge in [-0.2, -0.15) is 0 Å². The molecular weight excluding hydrogens is 482 g/mol. The van der Waals surface area contributed by atoms with Gasteiger partial charge in [0.2, 0.25) is 5.91 Å². The lowest BCUT2D eigenvalue weighted by Crippen LogP contribution is -2.52. The number of amides is 3. The molecule has 37 heavy (non-hydrogen) atoms. The number of benzene rings is 3. The highest BCUT2D eigenvalue weighted by Gasteiger charge is 2.27. The Hall–Kier alpha value is -4.77. The number of aromatic hydroxyl groups is 4. The van der Waals surface area contributed by atoms with Gasteiger partial charge in [-0.05, 0) is 42.3 Å². The molecule has 0 unspecified atom stereocenters. The van der Waals surface area contributed by atoms with Crippen molar-refractivity contribution in [3.63, 3.8) is 0 Å². The summed E-state index contributed by atoms with van der Waals surface area (Å²) in [6, 6.07) is 13.4. The summed E-state index contributed by atoms with van der Waals surface area (Å²) in [4.78, 5) is 37.5. The number of carbonyl (C=O) groups excluding carboxylic acids is 3. The van der Waals surface area contributed by atoms with E-state index >= 15 is 0 Å². The highest BCUT2D eigenvalue weighted by molar-refractivity contribution is 6.00. The number of hydrogen-bond acceptors (Lipinski definition) is 8. The fraction of sp³-hybridized carbons (Fsp3) is 0.192. The van der Waals surface area contributed by atoms with Gasteiger partial charge in [0.25, 0.3) is 11.8 Å². The number of nitrogens with one attached hydrogen (secondary N) is 3. The van der Waals surface area contributed by atoms with Crippen LogP contribution in [0.5, 0.6) is 23.0 Å². The number of rotatable bonds is 9. The predicted molar refractivity (Wildman–Crippen MR) is 132 cm³/mol. The Morgan fingerprint density at radius 1 is 0.730 bits per heavy atom. The van der Waals surface area contributed by atoms with Crippen LogP contribution in [-0.2, 0) is 17.9 Å². The molecule has 8 N–H and O–H groups in total. The Balaban J connectivity index is 1.60. The van der Waals surface area contributed by atoms with E-state index in [9.17, 15) is 39.9 Å². The van der Waals surface area contributed by atoms with Crippen LogP contribution in [0.15, 0.2) is 60.7 Å². The first kappa shape index (κ1) is 26.8. The van der Waals surface area contributed by atoms with Crippen molar-refractivity contribution in [2.45, 2.75) is 32.2 Å². The molecule has 3 amide bonds. The average Bonchev–Trinajstić information content (AvgIpc) is 2.87. The zero-order chi connectivity index (χ0) is 27.1. The fourth-order valence-electron chi connectivity index (χ4n) is 3.48. The van der Waals surface area contributed by atoms with Gasteiger partial charge in [-0.15, -0.1) is 0 Å². The summed E-state index contributed by atoms with van der Waals surface area (Å²) >= 11 is 0. The second-order valence-corrected chi connectivity index (χ2v) is 8.26. The van der Waals surface area contributed by atoms with E-state index in [1.165, 1.54) is 43.3 Å². The van der Waals surface area contributed by atoms with Crippen molar-refractivity contribution >= 4 is 17.7 Å². The number of para-hydroxylation sites is 2. The maximum Gasteiger partial charge on any atom is 0.255 e. The van der Waals surface area contributed by atoms with E-state index in [0.29, 0.717) is 11.1 Å². The third kappa shape index (κ3) is 6.67. The lowest BCUT2D eigenvalue weighted by molar-refractivity contribution is -0.125. The number of hydrogen-bond donors (Lipinski definition) is 8. The lowest BCUT2D eigenvalue weighted by Gasteiger charge is -2.21. The van der Waals surface area contributed by atoms with Gasteiger partial charge in [-0.1, -0.05) is 36.4 Å².